The summed E-state index contributed by atoms with van der Waals surface area (Å²) in [6.45, 7) is 4.46. The van der Waals surface area contributed by atoms with Crippen LogP contribution in [0, 0.1) is 6.92 Å². The summed E-state index contributed by atoms with van der Waals surface area (Å²) in [4.78, 5) is 26.9. The number of nitrogens with one attached hydrogen (secondary N) is 1. The number of esters is 1. The molecule has 0 bridgehead atoms. The first-order valence-corrected chi connectivity index (χ1v) is 8.56. The molecular weight excluding hydrogens is 296 g/mol. The number of aryl methyl sites for hydroxylation is 1. The number of rotatable bonds is 9. The number of amides is 1. The van der Waals surface area contributed by atoms with E-state index in [2.05, 4.69) is 10.3 Å². The van der Waals surface area contributed by atoms with Gasteiger partial charge < -0.3 is 10.1 Å². The van der Waals surface area contributed by atoms with Gasteiger partial charge in [0.25, 0.3) is 0 Å². The van der Waals surface area contributed by atoms with Crippen molar-refractivity contribution in [2.75, 3.05) is 18.9 Å². The molecule has 0 fully saturated rings. The Morgan fingerprint density at radius 1 is 1.45 bits per heavy atom. The lowest BCUT2D eigenvalue weighted by molar-refractivity contribution is -0.143. The van der Waals surface area contributed by atoms with Crippen LogP contribution in [0.15, 0.2) is 5.38 Å². The standard InChI is InChI=1S/C13H20N2O3S2/c1-3-18-13(17)4-6-14-12(16)5-7-19-8-11-9-20-10(2)15-11/h9H,3-8H2,1-2H3,(H,14,16). The Bertz CT molecular complexity index is 435. The molecule has 0 saturated heterocycles. The summed E-state index contributed by atoms with van der Waals surface area (Å²) in [5.74, 6) is 1.28. The molecule has 0 aromatic carbocycles. The van der Waals surface area contributed by atoms with Gasteiger partial charge in [0.15, 0.2) is 0 Å². The fourth-order valence-electron chi connectivity index (χ4n) is 1.44. The Balaban J connectivity index is 2.01. The summed E-state index contributed by atoms with van der Waals surface area (Å²) in [7, 11) is 0. The zero-order valence-electron chi connectivity index (χ0n) is 11.8. The maximum atomic E-state index is 11.5. The largest absolute Gasteiger partial charge is 0.466 e. The maximum absolute atomic E-state index is 11.5. The van der Waals surface area contributed by atoms with E-state index < -0.39 is 0 Å². The van der Waals surface area contributed by atoms with Gasteiger partial charge in [0, 0.05) is 29.9 Å². The van der Waals surface area contributed by atoms with Gasteiger partial charge in [-0.25, -0.2) is 4.98 Å². The third kappa shape index (κ3) is 7.49. The van der Waals surface area contributed by atoms with E-state index in [-0.39, 0.29) is 18.3 Å². The van der Waals surface area contributed by atoms with Gasteiger partial charge in [-0.2, -0.15) is 11.8 Å². The number of thioether (sulfide) groups is 1. The molecule has 1 heterocycles. The fourth-order valence-corrected chi connectivity index (χ4v) is 2.99. The van der Waals surface area contributed by atoms with Gasteiger partial charge in [0.2, 0.25) is 5.91 Å². The highest BCUT2D eigenvalue weighted by Crippen LogP contribution is 2.15. The molecule has 5 nitrogen and oxygen atoms in total. The van der Waals surface area contributed by atoms with Crippen LogP contribution < -0.4 is 5.32 Å². The number of ether oxygens (including phenoxy) is 1. The van der Waals surface area contributed by atoms with Crippen LogP contribution in [0.1, 0.15) is 30.5 Å². The van der Waals surface area contributed by atoms with E-state index in [1.807, 2.05) is 12.3 Å². The SMILES string of the molecule is CCOC(=O)CCNC(=O)CCSCc1csc(C)n1. The molecule has 1 aromatic heterocycles. The van der Waals surface area contributed by atoms with Gasteiger partial charge >= 0.3 is 5.97 Å². The zero-order chi connectivity index (χ0) is 14.8. The second-order valence-electron chi connectivity index (χ2n) is 4.07. The van der Waals surface area contributed by atoms with Crippen LogP contribution in [-0.4, -0.2) is 35.8 Å². The Morgan fingerprint density at radius 3 is 2.90 bits per heavy atom. The number of carbonyl (C=O) groups excluding carboxylic acids is 2. The van der Waals surface area contributed by atoms with Gasteiger partial charge in [-0.3, -0.25) is 9.59 Å². The number of aromatic nitrogens is 1. The minimum absolute atomic E-state index is 0.0312. The van der Waals surface area contributed by atoms with Gasteiger partial charge in [-0.15, -0.1) is 11.3 Å². The van der Waals surface area contributed by atoms with Crippen molar-refractivity contribution in [1.82, 2.24) is 10.3 Å². The van der Waals surface area contributed by atoms with Crippen molar-refractivity contribution in [3.8, 4) is 0 Å². The van der Waals surface area contributed by atoms with E-state index in [9.17, 15) is 9.59 Å². The molecule has 1 rings (SSSR count). The van der Waals surface area contributed by atoms with Crippen LogP contribution in [0.3, 0.4) is 0 Å². The summed E-state index contributed by atoms with van der Waals surface area (Å²) in [5, 5.41) is 5.82. The summed E-state index contributed by atoms with van der Waals surface area (Å²) in [6, 6.07) is 0. The minimum Gasteiger partial charge on any atom is -0.466 e. The van der Waals surface area contributed by atoms with E-state index in [0.717, 1.165) is 22.2 Å². The predicted octanol–water partition coefficient (Wildman–Crippen LogP) is 2.14. The van der Waals surface area contributed by atoms with Gasteiger partial charge in [0.1, 0.15) is 0 Å². The second-order valence-corrected chi connectivity index (χ2v) is 6.23. The molecule has 0 aliphatic heterocycles. The highest BCUT2D eigenvalue weighted by atomic mass is 32.2. The van der Waals surface area contributed by atoms with Gasteiger partial charge in [0.05, 0.1) is 23.7 Å². The number of hydrogen-bond acceptors (Lipinski definition) is 6. The third-order valence-electron chi connectivity index (χ3n) is 2.35. The smallest absolute Gasteiger partial charge is 0.307 e. The second kappa shape index (κ2) is 9.77. The van der Waals surface area contributed by atoms with E-state index in [0.29, 0.717) is 19.6 Å². The van der Waals surface area contributed by atoms with Gasteiger partial charge in [-0.1, -0.05) is 0 Å². The molecule has 1 aromatic rings. The van der Waals surface area contributed by atoms with Crippen molar-refractivity contribution in [3.63, 3.8) is 0 Å². The topological polar surface area (TPSA) is 68.3 Å². The first-order valence-electron chi connectivity index (χ1n) is 6.53. The van der Waals surface area contributed by atoms with Crippen LogP contribution >= 0.6 is 23.1 Å². The molecule has 1 amide bonds. The van der Waals surface area contributed by atoms with Gasteiger partial charge in [-0.05, 0) is 13.8 Å². The van der Waals surface area contributed by atoms with Crippen molar-refractivity contribution >= 4 is 35.0 Å². The molecule has 0 atom stereocenters. The zero-order valence-corrected chi connectivity index (χ0v) is 13.4. The lowest BCUT2D eigenvalue weighted by atomic mass is 10.4. The molecule has 0 saturated carbocycles. The Kier molecular flexibility index (Phi) is 8.29. The molecule has 1 N–H and O–H groups in total. The average Bonchev–Trinajstić information content (AvgIpc) is 2.81. The first kappa shape index (κ1) is 17.0. The average molecular weight is 316 g/mol. The van der Waals surface area contributed by atoms with E-state index in [4.69, 9.17) is 4.74 Å². The first-order chi connectivity index (χ1) is 9.61. The predicted molar refractivity (Wildman–Crippen MR) is 81.9 cm³/mol. The van der Waals surface area contributed by atoms with Crippen molar-refractivity contribution in [1.29, 1.82) is 0 Å². The lowest BCUT2D eigenvalue weighted by Crippen LogP contribution is -2.26. The summed E-state index contributed by atoms with van der Waals surface area (Å²) in [5.41, 5.74) is 1.07. The fraction of sp³-hybridized carbons (Fsp3) is 0.615. The molecule has 0 unspecified atom stereocenters. The van der Waals surface area contributed by atoms with Crippen LogP contribution in [0.25, 0.3) is 0 Å². The van der Waals surface area contributed by atoms with Crippen LogP contribution in [-0.2, 0) is 20.1 Å². The third-order valence-corrected chi connectivity index (χ3v) is 4.16. The van der Waals surface area contributed by atoms with E-state index in [1.165, 1.54) is 0 Å². The molecule has 0 radical (unpaired) electrons. The summed E-state index contributed by atoms with van der Waals surface area (Å²) in [6.07, 6.45) is 0.682. The molecule has 20 heavy (non-hydrogen) atoms. The molecular formula is C13H20N2O3S2. The van der Waals surface area contributed by atoms with Crippen molar-refractivity contribution in [2.45, 2.75) is 32.4 Å². The molecule has 0 spiro atoms. The van der Waals surface area contributed by atoms with Crippen LogP contribution in [0.2, 0.25) is 0 Å². The van der Waals surface area contributed by atoms with Crippen molar-refractivity contribution in [3.05, 3.63) is 16.1 Å². The Labute approximate surface area is 127 Å². The quantitative estimate of drug-likeness (QED) is 0.558. The maximum Gasteiger partial charge on any atom is 0.307 e. The monoisotopic (exact) mass is 316 g/mol. The Hall–Kier alpha value is -1.08. The molecule has 7 heteroatoms. The molecule has 112 valence electrons. The number of thiazole rings is 1. The highest BCUT2D eigenvalue weighted by molar-refractivity contribution is 7.98. The van der Waals surface area contributed by atoms with E-state index >= 15 is 0 Å². The molecule has 0 aliphatic carbocycles. The van der Waals surface area contributed by atoms with Crippen LogP contribution in [0.4, 0.5) is 0 Å². The summed E-state index contributed by atoms with van der Waals surface area (Å²) >= 11 is 3.33. The molecule has 0 aliphatic rings. The summed E-state index contributed by atoms with van der Waals surface area (Å²) < 4.78 is 4.77. The number of hydrogen-bond donors (Lipinski definition) is 1. The van der Waals surface area contributed by atoms with Crippen LogP contribution in [0.5, 0.6) is 0 Å². The van der Waals surface area contributed by atoms with Crippen molar-refractivity contribution in [2.24, 2.45) is 0 Å². The highest BCUT2D eigenvalue weighted by Gasteiger charge is 2.05. The minimum atomic E-state index is -0.277. The number of nitrogens with zero attached hydrogens (tertiary/aromatic N) is 1. The normalized spacial score (nSPS) is 10.3. The number of carbonyl (C=O) groups is 2. The van der Waals surface area contributed by atoms with E-state index in [1.54, 1.807) is 30.0 Å². The Morgan fingerprint density at radius 2 is 2.25 bits per heavy atom. The van der Waals surface area contributed by atoms with Crippen molar-refractivity contribution < 1.29 is 14.3 Å². The lowest BCUT2D eigenvalue weighted by Gasteiger charge is -2.04.